The smallest absolute Gasteiger partial charge is 0.251 e. The number of pyridine rings is 1. The number of hydrogen-bond donors (Lipinski definition) is 2. The Morgan fingerprint density at radius 3 is 2.70 bits per heavy atom. The van der Waals surface area contributed by atoms with Gasteiger partial charge in [-0.25, -0.2) is 0 Å². The molecule has 6 heteroatoms. The Morgan fingerprint density at radius 1 is 1.26 bits per heavy atom. The van der Waals surface area contributed by atoms with Crippen LogP contribution in [0.3, 0.4) is 0 Å². The molecule has 2 rings (SSSR count). The van der Waals surface area contributed by atoms with E-state index in [1.165, 1.54) is 0 Å². The van der Waals surface area contributed by atoms with E-state index in [1.54, 1.807) is 24.5 Å². The number of carbonyl (C=O) groups excluding carboxylic acids is 2. The van der Waals surface area contributed by atoms with Gasteiger partial charge >= 0.3 is 0 Å². The first-order valence-electron chi connectivity index (χ1n) is 8.21. The summed E-state index contributed by atoms with van der Waals surface area (Å²) in [5, 5.41) is 6.00. The molecule has 1 aliphatic carbocycles. The van der Waals surface area contributed by atoms with Crippen molar-refractivity contribution in [3.63, 3.8) is 0 Å². The van der Waals surface area contributed by atoms with Crippen LogP contribution in [0.25, 0.3) is 0 Å². The minimum absolute atomic E-state index is 0.0567. The Morgan fingerprint density at radius 2 is 2.00 bits per heavy atom. The molecule has 1 fully saturated rings. The van der Waals surface area contributed by atoms with Gasteiger partial charge in [-0.05, 0) is 52.0 Å². The van der Waals surface area contributed by atoms with Gasteiger partial charge in [-0.3, -0.25) is 14.6 Å². The lowest BCUT2D eigenvalue weighted by molar-refractivity contribution is -0.125. The highest BCUT2D eigenvalue weighted by Gasteiger charge is 2.33. The van der Waals surface area contributed by atoms with Gasteiger partial charge in [0.05, 0.1) is 5.92 Å². The van der Waals surface area contributed by atoms with Crippen molar-refractivity contribution < 1.29 is 9.59 Å². The molecule has 1 aromatic rings. The summed E-state index contributed by atoms with van der Waals surface area (Å²) in [6.45, 7) is 1.63. The lowest BCUT2D eigenvalue weighted by atomic mass is 10.0. The normalized spacial score (nSPS) is 20.5. The molecule has 2 atom stereocenters. The van der Waals surface area contributed by atoms with E-state index in [2.05, 4.69) is 20.5 Å². The lowest BCUT2D eigenvalue weighted by Crippen LogP contribution is -2.44. The van der Waals surface area contributed by atoms with Crippen molar-refractivity contribution >= 4 is 11.8 Å². The highest BCUT2D eigenvalue weighted by atomic mass is 16.2. The molecule has 0 spiro atoms. The van der Waals surface area contributed by atoms with E-state index in [1.807, 2.05) is 14.1 Å². The molecular weight excluding hydrogens is 292 g/mol. The van der Waals surface area contributed by atoms with Crippen molar-refractivity contribution in [2.45, 2.75) is 31.7 Å². The van der Waals surface area contributed by atoms with Gasteiger partial charge in [0.2, 0.25) is 5.91 Å². The summed E-state index contributed by atoms with van der Waals surface area (Å²) in [7, 11) is 4.03. The van der Waals surface area contributed by atoms with Gasteiger partial charge in [-0.2, -0.15) is 0 Å². The second-order valence-electron chi connectivity index (χ2n) is 6.30. The summed E-state index contributed by atoms with van der Waals surface area (Å²) in [4.78, 5) is 30.6. The van der Waals surface area contributed by atoms with Gasteiger partial charge in [0.15, 0.2) is 0 Å². The average molecular weight is 318 g/mol. The molecule has 0 radical (unpaired) electrons. The number of amides is 2. The maximum Gasteiger partial charge on any atom is 0.251 e. The number of nitrogens with one attached hydrogen (secondary N) is 2. The summed E-state index contributed by atoms with van der Waals surface area (Å²) in [6.07, 6.45) is 6.78. The van der Waals surface area contributed by atoms with Crippen LogP contribution in [0.15, 0.2) is 24.5 Å². The molecule has 6 nitrogen and oxygen atoms in total. The summed E-state index contributed by atoms with van der Waals surface area (Å²) in [6, 6.07) is 3.28. The Balaban J connectivity index is 1.82. The van der Waals surface area contributed by atoms with Crippen LogP contribution in [0.2, 0.25) is 0 Å². The predicted octanol–water partition coefficient (Wildman–Crippen LogP) is 1.05. The molecule has 1 aliphatic rings. The average Bonchev–Trinajstić information content (AvgIpc) is 3.00. The monoisotopic (exact) mass is 318 g/mol. The van der Waals surface area contributed by atoms with Crippen molar-refractivity contribution in [3.8, 4) is 0 Å². The fourth-order valence-corrected chi connectivity index (χ4v) is 2.94. The molecule has 1 heterocycles. The molecule has 23 heavy (non-hydrogen) atoms. The molecule has 126 valence electrons. The zero-order valence-electron chi connectivity index (χ0n) is 13.9. The minimum atomic E-state index is -0.135. The van der Waals surface area contributed by atoms with Crippen LogP contribution in [-0.4, -0.2) is 54.9 Å². The number of aromatic nitrogens is 1. The van der Waals surface area contributed by atoms with Crippen molar-refractivity contribution in [1.29, 1.82) is 0 Å². The molecular formula is C17H26N4O2. The van der Waals surface area contributed by atoms with E-state index in [0.29, 0.717) is 12.1 Å². The standard InChI is InChI=1S/C17H26N4O2/c1-21(2)12-4-9-19-17(23)14-5-3-6-15(14)20-16(22)13-7-10-18-11-8-13/h7-8,10-11,14-15H,3-6,9,12H2,1-2H3,(H,19,23)(H,20,22)/t14-,15+/m0/s1. The molecule has 2 N–H and O–H groups in total. The van der Waals surface area contributed by atoms with E-state index in [4.69, 9.17) is 0 Å². The highest BCUT2D eigenvalue weighted by Crippen LogP contribution is 2.26. The van der Waals surface area contributed by atoms with Crippen LogP contribution in [0.4, 0.5) is 0 Å². The lowest BCUT2D eigenvalue weighted by Gasteiger charge is -2.21. The van der Waals surface area contributed by atoms with Crippen LogP contribution in [0.5, 0.6) is 0 Å². The third kappa shape index (κ3) is 5.32. The van der Waals surface area contributed by atoms with Crippen LogP contribution in [0, 0.1) is 5.92 Å². The Hall–Kier alpha value is -1.95. The second kappa shape index (κ2) is 8.62. The van der Waals surface area contributed by atoms with Crippen LogP contribution < -0.4 is 10.6 Å². The van der Waals surface area contributed by atoms with Gasteiger partial charge in [0.25, 0.3) is 5.91 Å². The Labute approximate surface area is 137 Å². The fourth-order valence-electron chi connectivity index (χ4n) is 2.94. The van der Waals surface area contributed by atoms with Gasteiger partial charge in [-0.15, -0.1) is 0 Å². The molecule has 1 saturated carbocycles. The first-order valence-corrected chi connectivity index (χ1v) is 8.21. The maximum absolute atomic E-state index is 12.3. The van der Waals surface area contributed by atoms with E-state index >= 15 is 0 Å². The third-order valence-electron chi connectivity index (χ3n) is 4.19. The number of carbonyl (C=O) groups is 2. The van der Waals surface area contributed by atoms with E-state index < -0.39 is 0 Å². The van der Waals surface area contributed by atoms with Gasteiger partial charge in [0, 0.05) is 30.5 Å². The molecule has 0 unspecified atom stereocenters. The van der Waals surface area contributed by atoms with Crippen LogP contribution in [-0.2, 0) is 4.79 Å². The molecule has 2 amide bonds. The number of nitrogens with zero attached hydrogens (tertiary/aromatic N) is 2. The molecule has 0 saturated heterocycles. The molecule has 0 aromatic carbocycles. The molecule has 1 aromatic heterocycles. The number of rotatable bonds is 7. The zero-order valence-corrected chi connectivity index (χ0v) is 13.9. The molecule has 0 aliphatic heterocycles. The van der Waals surface area contributed by atoms with Crippen molar-refractivity contribution in [1.82, 2.24) is 20.5 Å². The van der Waals surface area contributed by atoms with Crippen molar-refractivity contribution in [3.05, 3.63) is 30.1 Å². The summed E-state index contributed by atoms with van der Waals surface area (Å²) >= 11 is 0. The third-order valence-corrected chi connectivity index (χ3v) is 4.19. The highest BCUT2D eigenvalue weighted by molar-refractivity contribution is 5.94. The fraction of sp³-hybridized carbons (Fsp3) is 0.588. The van der Waals surface area contributed by atoms with Crippen LogP contribution in [0.1, 0.15) is 36.0 Å². The summed E-state index contributed by atoms with van der Waals surface area (Å²) < 4.78 is 0. The topological polar surface area (TPSA) is 74.3 Å². The Kier molecular flexibility index (Phi) is 6.52. The quantitative estimate of drug-likeness (QED) is 0.737. The second-order valence-corrected chi connectivity index (χ2v) is 6.30. The molecule has 0 bridgehead atoms. The van der Waals surface area contributed by atoms with E-state index in [0.717, 1.165) is 32.2 Å². The summed E-state index contributed by atoms with van der Waals surface area (Å²) in [5.41, 5.74) is 0.581. The minimum Gasteiger partial charge on any atom is -0.356 e. The van der Waals surface area contributed by atoms with Gasteiger partial charge in [-0.1, -0.05) is 6.42 Å². The van der Waals surface area contributed by atoms with E-state index in [-0.39, 0.29) is 23.8 Å². The maximum atomic E-state index is 12.3. The first-order chi connectivity index (χ1) is 11.1. The zero-order chi connectivity index (χ0) is 16.7. The summed E-state index contributed by atoms with van der Waals surface area (Å²) in [5.74, 6) is -0.203. The largest absolute Gasteiger partial charge is 0.356 e. The Bertz CT molecular complexity index is 519. The predicted molar refractivity (Wildman–Crippen MR) is 89.0 cm³/mol. The van der Waals surface area contributed by atoms with Crippen molar-refractivity contribution in [2.24, 2.45) is 5.92 Å². The SMILES string of the molecule is CN(C)CCCNC(=O)[C@H]1CCC[C@H]1NC(=O)c1ccncc1. The number of hydrogen-bond acceptors (Lipinski definition) is 4. The first kappa shape index (κ1) is 17.4. The van der Waals surface area contributed by atoms with Crippen LogP contribution >= 0.6 is 0 Å². The van der Waals surface area contributed by atoms with Gasteiger partial charge < -0.3 is 15.5 Å². The van der Waals surface area contributed by atoms with Crippen molar-refractivity contribution in [2.75, 3.05) is 27.2 Å². The van der Waals surface area contributed by atoms with E-state index in [9.17, 15) is 9.59 Å². The van der Waals surface area contributed by atoms with Gasteiger partial charge in [0.1, 0.15) is 0 Å².